The van der Waals surface area contributed by atoms with Crippen molar-refractivity contribution in [2.45, 2.75) is 57.2 Å². The largest absolute Gasteiger partial charge is 0.459 e. The Morgan fingerprint density at radius 2 is 1.87 bits per heavy atom. The lowest BCUT2D eigenvalue weighted by Gasteiger charge is -2.29. The van der Waals surface area contributed by atoms with Gasteiger partial charge in [-0.2, -0.15) is 8.42 Å². The molecule has 23 heavy (non-hydrogen) atoms. The SMILES string of the molecule is CC(C)(C)OC(=O)[C@@H]1CCC(S(=O)(=O)O)N1Cc1ccccc1. The quantitative estimate of drug-likeness (QED) is 0.668. The van der Waals surface area contributed by atoms with E-state index < -0.39 is 33.1 Å². The minimum absolute atomic E-state index is 0.204. The number of esters is 1. The maximum absolute atomic E-state index is 12.4. The molecule has 6 nitrogen and oxygen atoms in total. The van der Waals surface area contributed by atoms with Gasteiger partial charge in [0.05, 0.1) is 0 Å². The van der Waals surface area contributed by atoms with E-state index >= 15 is 0 Å². The molecule has 0 amide bonds. The molecule has 1 saturated heterocycles. The normalized spacial score (nSPS) is 23.0. The third-order valence-corrected chi connectivity index (χ3v) is 4.88. The Labute approximate surface area is 137 Å². The zero-order valence-electron chi connectivity index (χ0n) is 13.6. The van der Waals surface area contributed by atoms with Crippen molar-refractivity contribution in [3.05, 3.63) is 35.9 Å². The molecule has 0 aliphatic carbocycles. The van der Waals surface area contributed by atoms with Crippen LogP contribution in [0.4, 0.5) is 0 Å². The summed E-state index contributed by atoms with van der Waals surface area (Å²) in [5.74, 6) is -0.459. The summed E-state index contributed by atoms with van der Waals surface area (Å²) in [5.41, 5.74) is 0.225. The average Bonchev–Trinajstić information content (AvgIpc) is 2.81. The number of benzene rings is 1. The summed E-state index contributed by atoms with van der Waals surface area (Å²) in [4.78, 5) is 13.9. The maximum atomic E-state index is 12.4. The van der Waals surface area contributed by atoms with E-state index in [0.29, 0.717) is 6.42 Å². The highest BCUT2D eigenvalue weighted by Crippen LogP contribution is 2.31. The summed E-state index contributed by atoms with van der Waals surface area (Å²) in [7, 11) is -4.26. The maximum Gasteiger partial charge on any atom is 0.323 e. The molecule has 1 N–H and O–H groups in total. The van der Waals surface area contributed by atoms with Crippen LogP contribution in [-0.4, -0.2) is 40.9 Å². The Morgan fingerprint density at radius 3 is 2.39 bits per heavy atom. The lowest BCUT2D eigenvalue weighted by atomic mass is 10.1. The Bertz CT molecular complexity index is 651. The predicted octanol–water partition coefficient (Wildman–Crippen LogP) is 2.21. The molecule has 0 aromatic heterocycles. The number of ether oxygens (including phenoxy) is 1. The van der Waals surface area contributed by atoms with Gasteiger partial charge in [-0.3, -0.25) is 14.2 Å². The Morgan fingerprint density at radius 1 is 1.26 bits per heavy atom. The molecule has 1 aliphatic rings. The molecule has 2 rings (SSSR count). The molecule has 128 valence electrons. The summed E-state index contributed by atoms with van der Waals surface area (Å²) in [6, 6.07) is 8.57. The third kappa shape index (κ3) is 4.76. The average molecular weight is 341 g/mol. The number of carbonyl (C=O) groups excluding carboxylic acids is 1. The standard InChI is InChI=1S/C16H23NO5S/c1-16(2,3)22-15(18)13-9-10-14(23(19,20)21)17(13)11-12-7-5-4-6-8-12/h4-8,13-14H,9-11H2,1-3H3,(H,19,20,21)/t13-,14?/m0/s1. The van der Waals surface area contributed by atoms with E-state index in [1.807, 2.05) is 30.3 Å². The van der Waals surface area contributed by atoms with Crippen molar-refractivity contribution in [1.29, 1.82) is 0 Å². The first-order chi connectivity index (χ1) is 10.6. The monoisotopic (exact) mass is 341 g/mol. The molecule has 1 aromatic carbocycles. The molecule has 1 aliphatic heterocycles. The van der Waals surface area contributed by atoms with Gasteiger partial charge in [0, 0.05) is 6.54 Å². The summed E-state index contributed by atoms with van der Waals surface area (Å²) >= 11 is 0. The molecule has 1 unspecified atom stereocenters. The fraction of sp³-hybridized carbons (Fsp3) is 0.562. The highest BCUT2D eigenvalue weighted by Gasteiger charge is 2.45. The molecule has 0 spiro atoms. The minimum Gasteiger partial charge on any atom is -0.459 e. The molecule has 1 heterocycles. The molecule has 0 radical (unpaired) electrons. The molecule has 1 aromatic rings. The van der Waals surface area contributed by atoms with Gasteiger partial charge in [0.15, 0.2) is 0 Å². The second kappa shape index (κ2) is 6.59. The van der Waals surface area contributed by atoms with Crippen LogP contribution >= 0.6 is 0 Å². The van der Waals surface area contributed by atoms with Crippen LogP contribution in [-0.2, 0) is 26.2 Å². The summed E-state index contributed by atoms with van der Waals surface area (Å²) in [5, 5.41) is -1.08. The second-order valence-electron chi connectivity index (χ2n) is 6.75. The van der Waals surface area contributed by atoms with Crippen LogP contribution in [0.5, 0.6) is 0 Å². The van der Waals surface area contributed by atoms with Gasteiger partial charge in [-0.15, -0.1) is 0 Å². The number of hydrogen-bond donors (Lipinski definition) is 1. The zero-order chi connectivity index (χ0) is 17.3. The van der Waals surface area contributed by atoms with Gasteiger partial charge in [0.2, 0.25) is 0 Å². The van der Waals surface area contributed by atoms with Crippen molar-refractivity contribution in [3.63, 3.8) is 0 Å². The topological polar surface area (TPSA) is 83.9 Å². The van der Waals surface area contributed by atoms with Crippen LogP contribution in [0, 0.1) is 0 Å². The second-order valence-corrected chi connectivity index (χ2v) is 8.33. The molecule has 0 bridgehead atoms. The van der Waals surface area contributed by atoms with Crippen LogP contribution in [0.15, 0.2) is 30.3 Å². The van der Waals surface area contributed by atoms with Gasteiger partial charge >= 0.3 is 5.97 Å². The van der Waals surface area contributed by atoms with Crippen molar-refractivity contribution in [1.82, 2.24) is 4.90 Å². The van der Waals surface area contributed by atoms with Crippen molar-refractivity contribution in [3.8, 4) is 0 Å². The van der Waals surface area contributed by atoms with Crippen LogP contribution in [0.1, 0.15) is 39.2 Å². The number of carbonyl (C=O) groups is 1. The third-order valence-electron chi connectivity index (χ3n) is 3.69. The van der Waals surface area contributed by atoms with Crippen LogP contribution in [0.25, 0.3) is 0 Å². The fourth-order valence-corrected chi connectivity index (χ4v) is 3.78. The van der Waals surface area contributed by atoms with Gasteiger partial charge in [0.25, 0.3) is 10.1 Å². The Kier molecular flexibility index (Phi) is 5.13. The molecule has 7 heteroatoms. The lowest BCUT2D eigenvalue weighted by molar-refractivity contribution is -0.160. The van der Waals surface area contributed by atoms with Gasteiger partial charge < -0.3 is 4.74 Å². The van der Waals surface area contributed by atoms with E-state index in [1.54, 1.807) is 20.8 Å². The first kappa shape index (κ1) is 17.9. The van der Waals surface area contributed by atoms with E-state index in [0.717, 1.165) is 5.56 Å². The van der Waals surface area contributed by atoms with Crippen molar-refractivity contribution in [2.75, 3.05) is 0 Å². The molecule has 2 atom stereocenters. The molecular formula is C16H23NO5S. The summed E-state index contributed by atoms with van der Waals surface area (Å²) in [6.45, 7) is 5.56. The van der Waals surface area contributed by atoms with E-state index in [4.69, 9.17) is 4.74 Å². The van der Waals surface area contributed by atoms with Gasteiger partial charge in [0.1, 0.15) is 17.0 Å². The van der Waals surface area contributed by atoms with E-state index in [9.17, 15) is 17.8 Å². The molecule has 0 saturated carbocycles. The van der Waals surface area contributed by atoms with E-state index in [1.165, 1.54) is 4.90 Å². The van der Waals surface area contributed by atoms with E-state index in [2.05, 4.69) is 0 Å². The van der Waals surface area contributed by atoms with Gasteiger partial charge in [-0.25, -0.2) is 0 Å². The number of hydrogen-bond acceptors (Lipinski definition) is 5. The Balaban J connectivity index is 2.25. The van der Waals surface area contributed by atoms with Gasteiger partial charge in [-0.1, -0.05) is 30.3 Å². The van der Waals surface area contributed by atoms with Crippen LogP contribution in [0.2, 0.25) is 0 Å². The summed E-state index contributed by atoms with van der Waals surface area (Å²) in [6.07, 6.45) is 0.543. The highest BCUT2D eigenvalue weighted by atomic mass is 32.2. The smallest absolute Gasteiger partial charge is 0.323 e. The van der Waals surface area contributed by atoms with Gasteiger partial charge in [-0.05, 0) is 39.2 Å². The summed E-state index contributed by atoms with van der Waals surface area (Å²) < 4.78 is 38.2. The highest BCUT2D eigenvalue weighted by molar-refractivity contribution is 7.86. The number of rotatable bonds is 4. The predicted molar refractivity (Wildman–Crippen MR) is 86.2 cm³/mol. The molecule has 1 fully saturated rings. The molecular weight excluding hydrogens is 318 g/mol. The number of likely N-dealkylation sites (tertiary alicyclic amines) is 1. The van der Waals surface area contributed by atoms with Crippen molar-refractivity contribution < 1.29 is 22.5 Å². The Hall–Kier alpha value is -1.44. The fourth-order valence-electron chi connectivity index (χ4n) is 2.78. The van der Waals surface area contributed by atoms with E-state index in [-0.39, 0.29) is 13.0 Å². The van der Waals surface area contributed by atoms with Crippen molar-refractivity contribution >= 4 is 16.1 Å². The van der Waals surface area contributed by atoms with Crippen LogP contribution < -0.4 is 0 Å². The first-order valence-electron chi connectivity index (χ1n) is 7.57. The zero-order valence-corrected chi connectivity index (χ0v) is 14.4. The minimum atomic E-state index is -4.26. The lowest BCUT2D eigenvalue weighted by Crippen LogP contribution is -2.45. The van der Waals surface area contributed by atoms with Crippen molar-refractivity contribution in [2.24, 2.45) is 0 Å². The first-order valence-corrected chi connectivity index (χ1v) is 9.07. The number of nitrogens with zero attached hydrogens (tertiary/aromatic N) is 1. The van der Waals surface area contributed by atoms with Crippen LogP contribution in [0.3, 0.4) is 0 Å².